The molecule has 2 aromatic carbocycles. The van der Waals surface area contributed by atoms with Crippen molar-refractivity contribution in [2.75, 3.05) is 27.2 Å². The Hall–Kier alpha value is -3.40. The Bertz CT molecular complexity index is 1270. The van der Waals surface area contributed by atoms with E-state index in [0.29, 0.717) is 50.3 Å². The first-order valence-electron chi connectivity index (χ1n) is 18.1. The molecule has 9 nitrogen and oxygen atoms in total. The Labute approximate surface area is 288 Å². The lowest BCUT2D eigenvalue weighted by Gasteiger charge is -2.30. The number of hydrogen-bond acceptors (Lipinski definition) is 7. The largest absolute Gasteiger partial charge is 0.343 e. The number of rotatable bonds is 22. The number of ketones is 1. The minimum Gasteiger partial charge on any atom is -0.343 e. The maximum absolute atomic E-state index is 14.1. The molecule has 0 radical (unpaired) electrons. The number of benzene rings is 2. The molecule has 6 N–H and O–H groups in total. The quantitative estimate of drug-likeness (QED) is 0.0820. The number of amides is 2. The van der Waals surface area contributed by atoms with Gasteiger partial charge in [0.15, 0.2) is 5.78 Å². The summed E-state index contributed by atoms with van der Waals surface area (Å²) in [4.78, 5) is 55.5. The van der Waals surface area contributed by atoms with Crippen LogP contribution in [0.2, 0.25) is 0 Å². The monoisotopic (exact) mass is 661 g/mol. The van der Waals surface area contributed by atoms with E-state index in [1.807, 2.05) is 54.6 Å². The Morgan fingerprint density at radius 2 is 1.50 bits per heavy atom. The summed E-state index contributed by atoms with van der Waals surface area (Å²) < 4.78 is 0. The van der Waals surface area contributed by atoms with Gasteiger partial charge in [0.25, 0.3) is 0 Å². The molecule has 0 spiro atoms. The topological polar surface area (TPSA) is 148 Å². The number of carbonyl (C=O) groups excluding carboxylic acids is 4. The van der Waals surface area contributed by atoms with E-state index in [1.165, 1.54) is 37.0 Å². The summed E-state index contributed by atoms with van der Waals surface area (Å²) >= 11 is 0. The van der Waals surface area contributed by atoms with Crippen molar-refractivity contribution >= 4 is 23.9 Å². The molecule has 3 rings (SSSR count). The third kappa shape index (κ3) is 12.2. The van der Waals surface area contributed by atoms with Gasteiger partial charge in [0, 0.05) is 24.9 Å². The molecular weight excluding hydrogens is 602 g/mol. The third-order valence-corrected chi connectivity index (χ3v) is 9.94. The molecule has 0 bridgehead atoms. The Morgan fingerprint density at radius 3 is 2.15 bits per heavy atom. The second kappa shape index (κ2) is 21.5. The number of unbranched alkanes of at least 4 members (excludes halogenated alkanes) is 2. The van der Waals surface area contributed by atoms with Crippen LogP contribution in [0.3, 0.4) is 0 Å². The number of Topliss-reactive ketones (excluding diaryl/α,β-unsaturated/α-hetero) is 1. The number of nitrogens with two attached hydrogens (primary N) is 2. The molecule has 1 unspecified atom stereocenters. The maximum atomic E-state index is 14.1. The van der Waals surface area contributed by atoms with Crippen molar-refractivity contribution in [3.05, 3.63) is 71.3 Å². The van der Waals surface area contributed by atoms with E-state index in [0.717, 1.165) is 43.1 Å². The molecule has 1 aliphatic rings. The van der Waals surface area contributed by atoms with Crippen LogP contribution in [0.5, 0.6) is 0 Å². The fourth-order valence-electron chi connectivity index (χ4n) is 6.98. The van der Waals surface area contributed by atoms with E-state index in [1.54, 1.807) is 14.1 Å². The molecule has 1 fully saturated rings. The minimum absolute atomic E-state index is 0.0898. The van der Waals surface area contributed by atoms with Crippen molar-refractivity contribution in [1.29, 1.82) is 0 Å². The summed E-state index contributed by atoms with van der Waals surface area (Å²) in [5, 5.41) is 6.04. The fraction of sp³-hybridized carbons (Fsp3) is 0.590. The van der Waals surface area contributed by atoms with Crippen molar-refractivity contribution in [3.63, 3.8) is 0 Å². The van der Waals surface area contributed by atoms with E-state index >= 15 is 0 Å². The van der Waals surface area contributed by atoms with E-state index < -0.39 is 18.1 Å². The van der Waals surface area contributed by atoms with Crippen molar-refractivity contribution < 1.29 is 19.2 Å². The summed E-state index contributed by atoms with van der Waals surface area (Å²) in [5.74, 6) is -0.0278. The molecule has 0 aliphatic heterocycles. The summed E-state index contributed by atoms with van der Waals surface area (Å²) in [7, 11) is 3.33. The Kier molecular flexibility index (Phi) is 17.5. The van der Waals surface area contributed by atoms with E-state index in [2.05, 4.69) is 10.6 Å². The molecule has 2 aromatic rings. The second-order valence-corrected chi connectivity index (χ2v) is 13.5. The number of nitrogens with one attached hydrogen (secondary N) is 2. The minimum atomic E-state index is -0.817. The van der Waals surface area contributed by atoms with Gasteiger partial charge >= 0.3 is 0 Å². The third-order valence-electron chi connectivity index (χ3n) is 9.94. The average molecular weight is 662 g/mol. The molecule has 264 valence electrons. The van der Waals surface area contributed by atoms with Crippen LogP contribution in [0.15, 0.2) is 54.6 Å². The predicted octanol–water partition coefficient (Wildman–Crippen LogP) is 4.60. The first kappa shape index (κ1) is 39.0. The highest BCUT2D eigenvalue weighted by Gasteiger charge is 2.32. The zero-order valence-corrected chi connectivity index (χ0v) is 29.2. The van der Waals surface area contributed by atoms with Gasteiger partial charge in [-0.15, -0.1) is 0 Å². The zero-order valence-electron chi connectivity index (χ0n) is 29.2. The lowest BCUT2D eigenvalue weighted by Crippen LogP contribution is -2.55. The van der Waals surface area contributed by atoms with Gasteiger partial charge in [0.05, 0.1) is 12.1 Å². The molecule has 1 saturated carbocycles. The highest BCUT2D eigenvalue weighted by atomic mass is 16.2. The fourth-order valence-corrected chi connectivity index (χ4v) is 6.98. The van der Waals surface area contributed by atoms with Crippen LogP contribution in [0.4, 0.5) is 0 Å². The van der Waals surface area contributed by atoms with Gasteiger partial charge in [0.2, 0.25) is 11.8 Å². The maximum Gasteiger partial charge on any atom is 0.245 e. The molecule has 0 saturated heterocycles. The molecule has 48 heavy (non-hydrogen) atoms. The molecule has 2 amide bonds. The first-order valence-corrected chi connectivity index (χ1v) is 18.1. The summed E-state index contributed by atoms with van der Waals surface area (Å²) in [6.45, 7) is 1.09. The number of carbonyl (C=O) groups is 4. The zero-order chi connectivity index (χ0) is 34.7. The number of nitrogens with zero attached hydrogens (tertiary/aromatic N) is 1. The lowest BCUT2D eigenvalue weighted by molar-refractivity contribution is -0.139. The molecule has 1 aliphatic carbocycles. The van der Waals surface area contributed by atoms with E-state index in [4.69, 9.17) is 11.5 Å². The van der Waals surface area contributed by atoms with Crippen molar-refractivity contribution in [2.24, 2.45) is 23.3 Å². The molecule has 0 aromatic heterocycles. The van der Waals surface area contributed by atoms with E-state index in [-0.39, 0.29) is 29.9 Å². The van der Waals surface area contributed by atoms with E-state index in [9.17, 15) is 19.2 Å². The molecule has 9 heteroatoms. The summed E-state index contributed by atoms with van der Waals surface area (Å²) in [6, 6.07) is 15.1. The number of likely N-dealkylation sites (N-methyl/N-ethyl adjacent to an activating group) is 2. The van der Waals surface area contributed by atoms with Crippen LogP contribution in [-0.2, 0) is 27.2 Å². The van der Waals surface area contributed by atoms with Crippen molar-refractivity contribution in [2.45, 2.75) is 108 Å². The Morgan fingerprint density at radius 1 is 0.854 bits per heavy atom. The van der Waals surface area contributed by atoms with Crippen molar-refractivity contribution in [3.8, 4) is 0 Å². The van der Waals surface area contributed by atoms with Crippen LogP contribution < -0.4 is 22.1 Å². The van der Waals surface area contributed by atoms with Gasteiger partial charge in [-0.1, -0.05) is 93.1 Å². The van der Waals surface area contributed by atoms with Gasteiger partial charge in [-0.3, -0.25) is 14.4 Å². The normalized spacial score (nSPS) is 16.0. The lowest BCUT2D eigenvalue weighted by atomic mass is 9.78. The summed E-state index contributed by atoms with van der Waals surface area (Å²) in [5.41, 5.74) is 13.9. The SMILES string of the molecule is CN[C@@H](Cc1ccccc1)C(=O)N[C@@H](CCCCN)C(=O)N(C)[C@H](C=O)Cc1ccccc1C(=O)C(CCCCN)CC1CCCCC1. The van der Waals surface area contributed by atoms with Gasteiger partial charge in [-0.2, -0.15) is 0 Å². The average Bonchev–Trinajstić information content (AvgIpc) is 3.12. The first-order chi connectivity index (χ1) is 23.3. The number of hydrogen-bond donors (Lipinski definition) is 4. The van der Waals surface area contributed by atoms with Crippen LogP contribution in [0.25, 0.3) is 0 Å². The van der Waals surface area contributed by atoms with Crippen LogP contribution in [0.1, 0.15) is 98.5 Å². The highest BCUT2D eigenvalue weighted by molar-refractivity contribution is 5.99. The molecule has 4 atom stereocenters. The number of aldehydes is 1. The van der Waals surface area contributed by atoms with Crippen LogP contribution in [0, 0.1) is 11.8 Å². The highest BCUT2D eigenvalue weighted by Crippen LogP contribution is 2.33. The van der Waals surface area contributed by atoms with Gasteiger partial charge in [0.1, 0.15) is 12.3 Å². The van der Waals surface area contributed by atoms with Crippen LogP contribution >= 0.6 is 0 Å². The van der Waals surface area contributed by atoms with Gasteiger partial charge < -0.3 is 31.8 Å². The Balaban J connectivity index is 1.77. The molecule has 0 heterocycles. The van der Waals surface area contributed by atoms with Crippen LogP contribution in [-0.4, -0.2) is 74.1 Å². The van der Waals surface area contributed by atoms with Gasteiger partial charge in [-0.05, 0) is 82.1 Å². The predicted molar refractivity (Wildman–Crippen MR) is 193 cm³/mol. The summed E-state index contributed by atoms with van der Waals surface area (Å²) in [6.07, 6.45) is 12.8. The van der Waals surface area contributed by atoms with Crippen molar-refractivity contribution in [1.82, 2.24) is 15.5 Å². The van der Waals surface area contributed by atoms with Gasteiger partial charge in [-0.25, -0.2) is 0 Å². The smallest absolute Gasteiger partial charge is 0.245 e. The standard InChI is InChI=1S/C39H59N5O4/c1-42-36(26-30-17-7-4-8-18-30)38(47)43-35(22-12-14-24-41)39(48)44(2)33(28-45)27-31-19-9-10-21-34(31)37(46)32(20-11-13-23-40)25-29-15-5-3-6-16-29/h4,7-10,17-19,21,28-29,32-33,35-36,42H,3,5-6,11-16,20,22-27,40-41H2,1-2H3,(H,43,47)/t32?,33-,35-,36-/m0/s1. The second-order valence-electron chi connectivity index (χ2n) is 13.5. The molecular formula is C39H59N5O4.